The normalized spacial score (nSPS) is 10.2. The number of rotatable bonds is 7. The van der Waals surface area contributed by atoms with Crippen molar-refractivity contribution in [2.45, 2.75) is 0 Å². The molecule has 1 heterocycles. The highest BCUT2D eigenvalue weighted by atomic mass is 16.5. The molecule has 7 heteroatoms. The van der Waals surface area contributed by atoms with E-state index in [4.69, 9.17) is 15.7 Å². The average molecular weight is 254 g/mol. The van der Waals surface area contributed by atoms with Crippen molar-refractivity contribution >= 4 is 11.7 Å². The average Bonchev–Trinajstić information content (AvgIpc) is 2.43. The predicted octanol–water partition coefficient (Wildman–Crippen LogP) is -0.552. The van der Waals surface area contributed by atoms with Crippen LogP contribution in [0, 0.1) is 0 Å². The molecule has 0 radical (unpaired) electrons. The second-order valence-electron chi connectivity index (χ2n) is 3.59. The van der Waals surface area contributed by atoms with E-state index in [9.17, 15) is 4.79 Å². The van der Waals surface area contributed by atoms with E-state index in [0.717, 1.165) is 0 Å². The highest BCUT2D eigenvalue weighted by Crippen LogP contribution is 2.07. The second kappa shape index (κ2) is 7.59. The van der Waals surface area contributed by atoms with Gasteiger partial charge in [-0.2, -0.15) is 0 Å². The van der Waals surface area contributed by atoms with Gasteiger partial charge < -0.3 is 20.2 Å². The largest absolute Gasteiger partial charge is 0.395 e. The molecule has 0 saturated carbocycles. The van der Waals surface area contributed by atoms with E-state index in [1.54, 1.807) is 19.2 Å². The summed E-state index contributed by atoms with van der Waals surface area (Å²) in [4.78, 5) is 17.6. The van der Waals surface area contributed by atoms with Gasteiger partial charge in [-0.1, -0.05) is 0 Å². The van der Waals surface area contributed by atoms with Gasteiger partial charge in [-0.25, -0.2) is 10.8 Å². The van der Waals surface area contributed by atoms with E-state index in [0.29, 0.717) is 24.5 Å². The standard InChI is InChI=1S/C11H18N4O3/c1-18-7-5-15(4-6-16)11(17)9-2-3-10(14-12)13-8-9/h2-3,8,16H,4-7,12H2,1H3,(H,13,14). The molecule has 1 amide bonds. The number of hydrazine groups is 1. The Bertz CT molecular complexity index is 369. The smallest absolute Gasteiger partial charge is 0.255 e. The van der Waals surface area contributed by atoms with Crippen molar-refractivity contribution in [3.63, 3.8) is 0 Å². The maximum atomic E-state index is 12.1. The second-order valence-corrected chi connectivity index (χ2v) is 3.59. The van der Waals surface area contributed by atoms with Crippen LogP contribution in [0.2, 0.25) is 0 Å². The minimum atomic E-state index is -0.197. The molecule has 100 valence electrons. The number of anilines is 1. The van der Waals surface area contributed by atoms with E-state index in [1.807, 2.05) is 0 Å². The number of nitrogen functional groups attached to an aromatic ring is 1. The molecule has 0 unspecified atom stereocenters. The van der Waals surface area contributed by atoms with Crippen LogP contribution in [0.3, 0.4) is 0 Å². The highest BCUT2D eigenvalue weighted by Gasteiger charge is 2.15. The number of nitrogens with zero attached hydrogens (tertiary/aromatic N) is 2. The Balaban J connectivity index is 2.73. The number of carbonyl (C=O) groups excluding carboxylic acids is 1. The summed E-state index contributed by atoms with van der Waals surface area (Å²) >= 11 is 0. The Morgan fingerprint density at radius 2 is 2.33 bits per heavy atom. The molecule has 1 rings (SSSR count). The number of hydrogen-bond donors (Lipinski definition) is 3. The quantitative estimate of drug-likeness (QED) is 0.446. The molecule has 18 heavy (non-hydrogen) atoms. The number of aliphatic hydroxyl groups excluding tert-OH is 1. The number of amides is 1. The Hall–Kier alpha value is -1.70. The molecule has 0 spiro atoms. The number of carbonyl (C=O) groups is 1. The van der Waals surface area contributed by atoms with Crippen LogP contribution in [0.1, 0.15) is 10.4 Å². The number of nitrogens with two attached hydrogens (primary N) is 1. The fraction of sp³-hybridized carbons (Fsp3) is 0.455. The maximum Gasteiger partial charge on any atom is 0.255 e. The Morgan fingerprint density at radius 1 is 1.56 bits per heavy atom. The van der Waals surface area contributed by atoms with Gasteiger partial charge in [0.05, 0.1) is 18.8 Å². The summed E-state index contributed by atoms with van der Waals surface area (Å²) in [6.07, 6.45) is 1.44. The predicted molar refractivity (Wildman–Crippen MR) is 66.9 cm³/mol. The third-order valence-electron chi connectivity index (χ3n) is 2.38. The summed E-state index contributed by atoms with van der Waals surface area (Å²) < 4.78 is 4.92. The zero-order chi connectivity index (χ0) is 13.4. The van der Waals surface area contributed by atoms with Gasteiger partial charge in [-0.3, -0.25) is 4.79 Å². The van der Waals surface area contributed by atoms with E-state index in [-0.39, 0.29) is 19.1 Å². The SMILES string of the molecule is COCCN(CCO)C(=O)c1ccc(NN)nc1. The van der Waals surface area contributed by atoms with Crippen LogP contribution in [0.25, 0.3) is 0 Å². The van der Waals surface area contributed by atoms with Gasteiger partial charge >= 0.3 is 0 Å². The lowest BCUT2D eigenvalue weighted by Gasteiger charge is -2.21. The van der Waals surface area contributed by atoms with Crippen molar-refractivity contribution in [2.24, 2.45) is 5.84 Å². The number of pyridine rings is 1. The van der Waals surface area contributed by atoms with Crippen molar-refractivity contribution in [1.29, 1.82) is 0 Å². The molecular weight excluding hydrogens is 236 g/mol. The fourth-order valence-corrected chi connectivity index (χ4v) is 1.43. The Morgan fingerprint density at radius 3 is 2.83 bits per heavy atom. The first-order valence-corrected chi connectivity index (χ1v) is 5.54. The molecule has 7 nitrogen and oxygen atoms in total. The fourth-order valence-electron chi connectivity index (χ4n) is 1.43. The molecule has 4 N–H and O–H groups in total. The van der Waals surface area contributed by atoms with Gasteiger partial charge in [0.15, 0.2) is 0 Å². The number of ether oxygens (including phenoxy) is 1. The monoisotopic (exact) mass is 254 g/mol. The summed E-state index contributed by atoms with van der Waals surface area (Å²) in [5, 5.41) is 8.94. The summed E-state index contributed by atoms with van der Waals surface area (Å²) in [5.74, 6) is 5.48. The molecule has 0 aliphatic carbocycles. The zero-order valence-electron chi connectivity index (χ0n) is 10.3. The van der Waals surface area contributed by atoms with E-state index < -0.39 is 0 Å². The Labute approximate surface area is 106 Å². The molecule has 0 aliphatic rings. The maximum absolute atomic E-state index is 12.1. The summed E-state index contributed by atoms with van der Waals surface area (Å²) in [7, 11) is 1.56. The number of aliphatic hydroxyl groups is 1. The molecule has 0 aliphatic heterocycles. The third kappa shape index (κ3) is 3.95. The van der Waals surface area contributed by atoms with Gasteiger partial charge in [0, 0.05) is 26.4 Å². The van der Waals surface area contributed by atoms with E-state index in [1.165, 1.54) is 11.1 Å². The minimum Gasteiger partial charge on any atom is -0.395 e. The van der Waals surface area contributed by atoms with Crippen LogP contribution in [0.15, 0.2) is 18.3 Å². The first-order chi connectivity index (χ1) is 8.72. The summed E-state index contributed by atoms with van der Waals surface area (Å²) in [6.45, 7) is 1.01. The molecular formula is C11H18N4O3. The van der Waals surface area contributed by atoms with Crippen molar-refractivity contribution in [1.82, 2.24) is 9.88 Å². The van der Waals surface area contributed by atoms with Crippen LogP contribution in [-0.4, -0.2) is 54.3 Å². The number of nitrogens with one attached hydrogen (secondary N) is 1. The van der Waals surface area contributed by atoms with E-state index >= 15 is 0 Å². The highest BCUT2D eigenvalue weighted by molar-refractivity contribution is 5.94. The molecule has 0 atom stereocenters. The van der Waals surface area contributed by atoms with Gasteiger partial charge in [-0.15, -0.1) is 0 Å². The number of methoxy groups -OCH3 is 1. The number of aromatic nitrogens is 1. The molecule has 1 aromatic heterocycles. The van der Waals surface area contributed by atoms with Crippen LogP contribution < -0.4 is 11.3 Å². The first kappa shape index (κ1) is 14.4. The first-order valence-electron chi connectivity index (χ1n) is 5.54. The Kier molecular flexibility index (Phi) is 6.06. The van der Waals surface area contributed by atoms with Crippen LogP contribution >= 0.6 is 0 Å². The van der Waals surface area contributed by atoms with Crippen LogP contribution in [-0.2, 0) is 4.74 Å². The van der Waals surface area contributed by atoms with Crippen molar-refractivity contribution < 1.29 is 14.6 Å². The lowest BCUT2D eigenvalue weighted by molar-refractivity contribution is 0.0656. The van der Waals surface area contributed by atoms with Crippen LogP contribution in [0.4, 0.5) is 5.82 Å². The van der Waals surface area contributed by atoms with Gasteiger partial charge in [-0.05, 0) is 12.1 Å². The minimum absolute atomic E-state index is 0.0919. The van der Waals surface area contributed by atoms with Gasteiger partial charge in [0.1, 0.15) is 5.82 Å². The van der Waals surface area contributed by atoms with Crippen molar-refractivity contribution in [3.05, 3.63) is 23.9 Å². The lowest BCUT2D eigenvalue weighted by Crippen LogP contribution is -2.36. The molecule has 0 aromatic carbocycles. The third-order valence-corrected chi connectivity index (χ3v) is 2.38. The van der Waals surface area contributed by atoms with Crippen LogP contribution in [0.5, 0.6) is 0 Å². The van der Waals surface area contributed by atoms with Gasteiger partial charge in [0.2, 0.25) is 0 Å². The molecule has 0 fully saturated rings. The topological polar surface area (TPSA) is 101 Å². The van der Waals surface area contributed by atoms with Crippen molar-refractivity contribution in [3.8, 4) is 0 Å². The number of hydrogen-bond acceptors (Lipinski definition) is 6. The molecule has 1 aromatic rings. The van der Waals surface area contributed by atoms with Gasteiger partial charge in [0.25, 0.3) is 5.91 Å². The zero-order valence-corrected chi connectivity index (χ0v) is 10.3. The summed E-state index contributed by atoms with van der Waals surface area (Å²) in [5.41, 5.74) is 2.83. The molecule has 0 bridgehead atoms. The summed E-state index contributed by atoms with van der Waals surface area (Å²) in [6, 6.07) is 3.24. The lowest BCUT2D eigenvalue weighted by atomic mass is 10.2. The molecule has 0 saturated heterocycles. The van der Waals surface area contributed by atoms with E-state index in [2.05, 4.69) is 10.4 Å². The van der Waals surface area contributed by atoms with Crippen molar-refractivity contribution in [2.75, 3.05) is 38.8 Å².